The highest BCUT2D eigenvalue weighted by Crippen LogP contribution is 2.32. The lowest BCUT2D eigenvalue weighted by atomic mass is 10.1. The van der Waals surface area contributed by atoms with Gasteiger partial charge in [0.15, 0.2) is 11.5 Å². The zero-order valence-corrected chi connectivity index (χ0v) is 9.92. The van der Waals surface area contributed by atoms with E-state index >= 15 is 0 Å². The van der Waals surface area contributed by atoms with E-state index in [-0.39, 0.29) is 17.9 Å². The van der Waals surface area contributed by atoms with Crippen molar-refractivity contribution in [3.8, 4) is 11.5 Å². The van der Waals surface area contributed by atoms with Gasteiger partial charge in [0.1, 0.15) is 6.29 Å². The zero-order chi connectivity index (χ0) is 13.5. The van der Waals surface area contributed by atoms with Gasteiger partial charge in [-0.3, -0.25) is 9.59 Å². The number of carboxylic acids is 1. The number of hydrogen-bond acceptors (Lipinski definition) is 4. The first-order valence-corrected chi connectivity index (χ1v) is 5.41. The van der Waals surface area contributed by atoms with Crippen molar-refractivity contribution in [1.29, 1.82) is 0 Å². The van der Waals surface area contributed by atoms with Crippen LogP contribution in [0.4, 0.5) is 0 Å². The van der Waals surface area contributed by atoms with Crippen LogP contribution >= 0.6 is 0 Å². The number of carbonyl (C=O) groups is 2. The van der Waals surface area contributed by atoms with Gasteiger partial charge in [-0.1, -0.05) is 12.2 Å². The molecule has 2 N–H and O–H groups in total. The Labute approximate surface area is 104 Å². The minimum atomic E-state index is -0.970. The molecule has 0 aromatic heterocycles. The lowest BCUT2D eigenvalue weighted by molar-refractivity contribution is -0.135. The molecule has 0 fully saturated rings. The average Bonchev–Trinajstić information content (AvgIpc) is 2.33. The van der Waals surface area contributed by atoms with E-state index in [0.717, 1.165) is 0 Å². The monoisotopic (exact) mass is 250 g/mol. The number of hydrogen-bond donors (Lipinski definition) is 2. The third-order valence-corrected chi connectivity index (χ3v) is 2.15. The second-order valence-corrected chi connectivity index (χ2v) is 3.51. The lowest BCUT2D eigenvalue weighted by Crippen LogP contribution is -1.95. The summed E-state index contributed by atoms with van der Waals surface area (Å²) in [7, 11) is 0. The maximum Gasteiger partial charge on any atom is 0.307 e. The van der Waals surface area contributed by atoms with Gasteiger partial charge in [-0.25, -0.2) is 0 Å². The zero-order valence-electron chi connectivity index (χ0n) is 9.92. The van der Waals surface area contributed by atoms with Crippen LogP contribution in [0.2, 0.25) is 0 Å². The number of ether oxygens (including phenoxy) is 1. The fraction of sp³-hybridized carbons (Fsp3) is 0.231. The van der Waals surface area contributed by atoms with Crippen molar-refractivity contribution in [2.45, 2.75) is 13.3 Å². The molecule has 0 aliphatic heterocycles. The summed E-state index contributed by atoms with van der Waals surface area (Å²) in [6.45, 7) is 2.11. The highest BCUT2D eigenvalue weighted by Gasteiger charge is 2.09. The molecule has 0 aliphatic carbocycles. The standard InChI is InChI=1S/C13H14O5/c1-2-18-11-7-9(8-14)6-10(13(11)17)4-3-5-12(15)16/h3-4,6-8,17H,2,5H2,1H3,(H,15,16). The molecule has 1 aromatic carbocycles. The number of rotatable bonds is 6. The van der Waals surface area contributed by atoms with Crippen LogP contribution in [0, 0.1) is 0 Å². The molecule has 0 bridgehead atoms. The molecule has 0 aliphatic rings. The molecule has 18 heavy (non-hydrogen) atoms. The van der Waals surface area contributed by atoms with Gasteiger partial charge >= 0.3 is 5.97 Å². The molecule has 0 radical (unpaired) electrons. The number of carboxylic acid groups (broad SMARTS) is 1. The van der Waals surface area contributed by atoms with Gasteiger partial charge in [-0.05, 0) is 19.1 Å². The highest BCUT2D eigenvalue weighted by molar-refractivity contribution is 5.80. The molecule has 96 valence electrons. The number of benzene rings is 1. The maximum absolute atomic E-state index is 10.8. The number of aldehydes is 1. The fourth-order valence-corrected chi connectivity index (χ4v) is 1.40. The number of carbonyl (C=O) groups excluding carboxylic acids is 1. The second-order valence-electron chi connectivity index (χ2n) is 3.51. The van der Waals surface area contributed by atoms with Crippen molar-refractivity contribution in [1.82, 2.24) is 0 Å². The molecular formula is C13H14O5. The van der Waals surface area contributed by atoms with E-state index in [1.165, 1.54) is 24.3 Å². The Morgan fingerprint density at radius 2 is 2.17 bits per heavy atom. The Bertz CT molecular complexity index is 477. The van der Waals surface area contributed by atoms with Crippen molar-refractivity contribution in [2.75, 3.05) is 6.61 Å². The van der Waals surface area contributed by atoms with E-state index in [4.69, 9.17) is 9.84 Å². The Kier molecular flexibility index (Phi) is 4.92. The highest BCUT2D eigenvalue weighted by atomic mass is 16.5. The van der Waals surface area contributed by atoms with Crippen molar-refractivity contribution >= 4 is 18.3 Å². The van der Waals surface area contributed by atoms with Crippen molar-refractivity contribution < 1.29 is 24.5 Å². The maximum atomic E-state index is 10.8. The van der Waals surface area contributed by atoms with Crippen LogP contribution < -0.4 is 4.74 Å². The summed E-state index contributed by atoms with van der Waals surface area (Å²) < 4.78 is 5.19. The summed E-state index contributed by atoms with van der Waals surface area (Å²) in [6.07, 6.45) is 3.31. The van der Waals surface area contributed by atoms with Gasteiger partial charge in [0.2, 0.25) is 0 Å². The van der Waals surface area contributed by atoms with E-state index in [9.17, 15) is 14.7 Å². The molecule has 0 saturated carbocycles. The molecule has 1 aromatic rings. The molecule has 0 atom stereocenters. The minimum absolute atomic E-state index is 0.107. The third kappa shape index (κ3) is 3.62. The fourth-order valence-electron chi connectivity index (χ4n) is 1.40. The van der Waals surface area contributed by atoms with Crippen molar-refractivity contribution in [2.24, 2.45) is 0 Å². The Balaban J connectivity index is 3.08. The number of aliphatic carboxylic acids is 1. The topological polar surface area (TPSA) is 83.8 Å². The lowest BCUT2D eigenvalue weighted by Gasteiger charge is -2.09. The van der Waals surface area contributed by atoms with Crippen LogP contribution in [0.5, 0.6) is 11.5 Å². The van der Waals surface area contributed by atoms with E-state index < -0.39 is 5.97 Å². The Morgan fingerprint density at radius 1 is 1.44 bits per heavy atom. The first-order valence-electron chi connectivity index (χ1n) is 5.41. The molecule has 0 heterocycles. The Hall–Kier alpha value is -2.30. The smallest absolute Gasteiger partial charge is 0.307 e. The van der Waals surface area contributed by atoms with E-state index in [0.29, 0.717) is 24.0 Å². The number of aromatic hydroxyl groups is 1. The van der Waals surface area contributed by atoms with Crippen LogP contribution in [0.25, 0.3) is 6.08 Å². The SMILES string of the molecule is CCOc1cc(C=O)cc(C=CCC(=O)O)c1O. The number of phenolic OH excluding ortho intramolecular Hbond substituents is 1. The normalized spacial score (nSPS) is 10.5. The van der Waals surface area contributed by atoms with Crippen LogP contribution in [0.15, 0.2) is 18.2 Å². The first kappa shape index (κ1) is 13.8. The summed E-state index contributed by atoms with van der Waals surface area (Å²) in [6, 6.07) is 2.89. The second kappa shape index (κ2) is 6.44. The molecule has 1 rings (SSSR count). The van der Waals surface area contributed by atoms with Crippen molar-refractivity contribution in [3.05, 3.63) is 29.3 Å². The molecule has 0 unspecified atom stereocenters. The van der Waals surface area contributed by atoms with Crippen LogP contribution in [-0.4, -0.2) is 29.1 Å². The van der Waals surface area contributed by atoms with E-state index in [1.54, 1.807) is 6.92 Å². The van der Waals surface area contributed by atoms with Gasteiger partial charge in [-0.2, -0.15) is 0 Å². The van der Waals surface area contributed by atoms with Crippen LogP contribution in [0.3, 0.4) is 0 Å². The van der Waals surface area contributed by atoms with Crippen molar-refractivity contribution in [3.63, 3.8) is 0 Å². The predicted molar refractivity (Wildman–Crippen MR) is 66.0 cm³/mol. The average molecular weight is 250 g/mol. The minimum Gasteiger partial charge on any atom is -0.504 e. The first-order chi connectivity index (χ1) is 8.58. The predicted octanol–water partition coefficient (Wildman–Crippen LogP) is 2.09. The number of phenols is 1. The van der Waals surface area contributed by atoms with Gasteiger partial charge in [0, 0.05) is 11.1 Å². The molecule has 0 spiro atoms. The van der Waals surface area contributed by atoms with Crippen LogP contribution in [-0.2, 0) is 4.79 Å². The molecule has 5 nitrogen and oxygen atoms in total. The van der Waals surface area contributed by atoms with E-state index in [1.807, 2.05) is 0 Å². The summed E-state index contributed by atoms with van der Waals surface area (Å²) in [4.78, 5) is 21.1. The van der Waals surface area contributed by atoms with E-state index in [2.05, 4.69) is 0 Å². The quantitative estimate of drug-likeness (QED) is 0.755. The Morgan fingerprint density at radius 3 is 2.72 bits per heavy atom. The molecule has 5 heteroatoms. The van der Waals surface area contributed by atoms with Gasteiger partial charge in [-0.15, -0.1) is 0 Å². The summed E-state index contributed by atoms with van der Waals surface area (Å²) in [5.74, 6) is -0.872. The van der Waals surface area contributed by atoms with Gasteiger partial charge in [0.25, 0.3) is 0 Å². The van der Waals surface area contributed by atoms with Gasteiger partial charge < -0.3 is 14.9 Å². The summed E-state index contributed by atoms with van der Waals surface area (Å²) >= 11 is 0. The summed E-state index contributed by atoms with van der Waals surface area (Å²) in [5.41, 5.74) is 0.704. The molecule has 0 amide bonds. The summed E-state index contributed by atoms with van der Waals surface area (Å²) in [5, 5.41) is 18.4. The third-order valence-electron chi connectivity index (χ3n) is 2.15. The van der Waals surface area contributed by atoms with Crippen LogP contribution in [0.1, 0.15) is 29.3 Å². The molecular weight excluding hydrogens is 236 g/mol. The van der Waals surface area contributed by atoms with Gasteiger partial charge in [0.05, 0.1) is 13.0 Å². The largest absolute Gasteiger partial charge is 0.504 e. The molecule has 0 saturated heterocycles.